The second-order valence-electron chi connectivity index (χ2n) is 4.79. The van der Waals surface area contributed by atoms with Crippen LogP contribution in [0.15, 0.2) is 0 Å². The molecule has 0 heterocycles. The van der Waals surface area contributed by atoms with Crippen molar-refractivity contribution in [2.45, 2.75) is 25.3 Å². The van der Waals surface area contributed by atoms with Crippen LogP contribution in [0.4, 0.5) is 0 Å². The van der Waals surface area contributed by atoms with Crippen LogP contribution in [0, 0.1) is 17.2 Å². The van der Waals surface area contributed by atoms with Gasteiger partial charge in [0.05, 0.1) is 12.7 Å². The van der Waals surface area contributed by atoms with Crippen molar-refractivity contribution in [3.8, 4) is 6.07 Å². The lowest BCUT2D eigenvalue weighted by atomic mass is 10.1. The molecule has 1 aliphatic rings. The second kappa shape index (κ2) is 5.45. The van der Waals surface area contributed by atoms with E-state index in [-0.39, 0.29) is 0 Å². The minimum Gasteiger partial charge on any atom is -0.380 e. The fourth-order valence-electron chi connectivity index (χ4n) is 1.43. The molecule has 1 rings (SSSR count). The Balaban J connectivity index is 2.02. The van der Waals surface area contributed by atoms with Crippen LogP contribution in [0.3, 0.4) is 0 Å². The zero-order valence-corrected chi connectivity index (χ0v) is 9.70. The average molecular weight is 211 g/mol. The molecule has 1 saturated carbocycles. The van der Waals surface area contributed by atoms with Gasteiger partial charge in [0.1, 0.15) is 5.54 Å². The Hall–Kier alpha value is -0.630. The largest absolute Gasteiger partial charge is 0.380 e. The van der Waals surface area contributed by atoms with E-state index in [2.05, 4.69) is 6.07 Å². The van der Waals surface area contributed by atoms with E-state index in [4.69, 9.17) is 15.7 Å². The highest BCUT2D eigenvalue weighted by molar-refractivity contribution is 5.02. The molecule has 1 fully saturated rings. The molecule has 0 spiro atoms. The van der Waals surface area contributed by atoms with Gasteiger partial charge < -0.3 is 15.4 Å². The smallest absolute Gasteiger partial charge is 0.114 e. The van der Waals surface area contributed by atoms with E-state index in [0.717, 1.165) is 25.7 Å². The highest BCUT2D eigenvalue weighted by atomic mass is 16.5. The van der Waals surface area contributed by atoms with Crippen molar-refractivity contribution in [3.63, 3.8) is 0 Å². The number of hydrogen-bond donors (Lipinski definition) is 1. The van der Waals surface area contributed by atoms with Crippen molar-refractivity contribution >= 4 is 0 Å². The quantitative estimate of drug-likeness (QED) is 0.626. The maximum Gasteiger partial charge on any atom is 0.114 e. The summed E-state index contributed by atoms with van der Waals surface area (Å²) in [6.45, 7) is 4.78. The van der Waals surface area contributed by atoms with Crippen molar-refractivity contribution in [2.75, 3.05) is 33.4 Å². The number of hydrogen-bond acceptors (Lipinski definition) is 4. The number of likely N-dealkylation sites (N-methyl/N-ethyl adjacent to an activating group) is 1. The predicted molar refractivity (Wildman–Crippen MR) is 59.2 cm³/mol. The first kappa shape index (κ1) is 12.4. The van der Waals surface area contributed by atoms with E-state index >= 15 is 0 Å². The fraction of sp³-hybridized carbons (Fsp3) is 0.909. The predicted octanol–water partition coefficient (Wildman–Crippen LogP) is 0.586. The van der Waals surface area contributed by atoms with Gasteiger partial charge in [-0.05, 0) is 32.7 Å². The van der Waals surface area contributed by atoms with Crippen LogP contribution in [0.2, 0.25) is 0 Å². The summed E-state index contributed by atoms with van der Waals surface area (Å²) < 4.78 is 5.51. The molecule has 0 aromatic heterocycles. The first-order valence-electron chi connectivity index (χ1n) is 5.50. The Morgan fingerprint density at radius 1 is 1.60 bits per heavy atom. The van der Waals surface area contributed by atoms with Crippen molar-refractivity contribution in [2.24, 2.45) is 11.7 Å². The van der Waals surface area contributed by atoms with E-state index in [9.17, 15) is 0 Å². The number of nitriles is 1. The topological polar surface area (TPSA) is 62.3 Å². The molecule has 2 N–H and O–H groups in total. The number of nitrogens with zero attached hydrogens (tertiary/aromatic N) is 2. The lowest BCUT2D eigenvalue weighted by molar-refractivity contribution is 0.100. The van der Waals surface area contributed by atoms with E-state index in [1.807, 2.05) is 11.9 Å². The van der Waals surface area contributed by atoms with Crippen LogP contribution in [-0.2, 0) is 4.74 Å². The van der Waals surface area contributed by atoms with Crippen molar-refractivity contribution in [3.05, 3.63) is 0 Å². The fourth-order valence-corrected chi connectivity index (χ4v) is 1.43. The maximum absolute atomic E-state index is 8.76. The Bertz CT molecular complexity index is 230. The van der Waals surface area contributed by atoms with E-state index < -0.39 is 5.54 Å². The summed E-state index contributed by atoms with van der Waals surface area (Å²) in [7, 11) is 1.96. The second-order valence-corrected chi connectivity index (χ2v) is 4.79. The van der Waals surface area contributed by atoms with Crippen molar-refractivity contribution in [1.29, 1.82) is 5.26 Å². The summed E-state index contributed by atoms with van der Waals surface area (Å²) in [5.41, 5.74) is 4.98. The highest BCUT2D eigenvalue weighted by Crippen LogP contribution is 2.28. The minimum atomic E-state index is -0.759. The van der Waals surface area contributed by atoms with Crippen molar-refractivity contribution < 1.29 is 4.74 Å². The van der Waals surface area contributed by atoms with Crippen LogP contribution in [-0.4, -0.2) is 43.8 Å². The SMILES string of the molecule is CN(CCOCC1CC1)CC(C)(N)C#N. The van der Waals surface area contributed by atoms with Gasteiger partial charge in [0, 0.05) is 19.7 Å². The summed E-state index contributed by atoms with van der Waals surface area (Å²) in [5.74, 6) is 0.814. The summed E-state index contributed by atoms with van der Waals surface area (Å²) in [6.07, 6.45) is 2.65. The Morgan fingerprint density at radius 3 is 2.80 bits per heavy atom. The summed E-state index contributed by atoms with van der Waals surface area (Å²) in [6, 6.07) is 2.09. The lowest BCUT2D eigenvalue weighted by Gasteiger charge is -2.23. The zero-order valence-electron chi connectivity index (χ0n) is 9.70. The average Bonchev–Trinajstić information content (AvgIpc) is 2.95. The molecule has 0 aromatic rings. The molecule has 86 valence electrons. The Labute approximate surface area is 92.0 Å². The van der Waals surface area contributed by atoms with Gasteiger partial charge in [-0.2, -0.15) is 5.26 Å². The van der Waals surface area contributed by atoms with Gasteiger partial charge in [-0.1, -0.05) is 0 Å². The molecule has 0 aliphatic heterocycles. The third-order valence-electron chi connectivity index (χ3n) is 2.52. The van der Waals surface area contributed by atoms with Gasteiger partial charge >= 0.3 is 0 Å². The van der Waals surface area contributed by atoms with Crippen LogP contribution < -0.4 is 5.73 Å². The lowest BCUT2D eigenvalue weighted by Crippen LogP contribution is -2.46. The van der Waals surface area contributed by atoms with Gasteiger partial charge in [0.25, 0.3) is 0 Å². The molecule has 0 bridgehead atoms. The van der Waals surface area contributed by atoms with Gasteiger partial charge in [-0.25, -0.2) is 0 Å². The maximum atomic E-state index is 8.76. The molecule has 1 unspecified atom stereocenters. The number of ether oxygens (including phenoxy) is 1. The standard InChI is InChI=1S/C11H21N3O/c1-11(13,8-12)9-14(2)5-6-15-7-10-3-4-10/h10H,3-7,9,13H2,1-2H3. The molecule has 0 saturated heterocycles. The van der Waals surface area contributed by atoms with E-state index in [1.54, 1.807) is 6.92 Å². The monoisotopic (exact) mass is 211 g/mol. The van der Waals surface area contributed by atoms with Gasteiger partial charge in [-0.15, -0.1) is 0 Å². The molecule has 0 radical (unpaired) electrons. The Morgan fingerprint density at radius 2 is 2.27 bits per heavy atom. The van der Waals surface area contributed by atoms with Crippen LogP contribution in [0.5, 0.6) is 0 Å². The van der Waals surface area contributed by atoms with Crippen LogP contribution in [0.25, 0.3) is 0 Å². The third kappa shape index (κ3) is 5.73. The van der Waals surface area contributed by atoms with Gasteiger partial charge in [0.2, 0.25) is 0 Å². The molecule has 15 heavy (non-hydrogen) atoms. The highest BCUT2D eigenvalue weighted by Gasteiger charge is 2.22. The molecule has 4 heteroatoms. The zero-order chi connectivity index (χ0) is 11.3. The minimum absolute atomic E-state index is 0.580. The first-order valence-corrected chi connectivity index (χ1v) is 5.50. The van der Waals surface area contributed by atoms with Crippen LogP contribution in [0.1, 0.15) is 19.8 Å². The molecule has 4 nitrogen and oxygen atoms in total. The summed E-state index contributed by atoms with van der Waals surface area (Å²) >= 11 is 0. The normalized spacial score (nSPS) is 19.9. The van der Waals surface area contributed by atoms with Crippen molar-refractivity contribution in [1.82, 2.24) is 4.90 Å². The molecular formula is C11H21N3O. The Kier molecular flexibility index (Phi) is 4.52. The van der Waals surface area contributed by atoms with Crippen LogP contribution >= 0.6 is 0 Å². The molecule has 0 aromatic carbocycles. The first-order chi connectivity index (χ1) is 7.03. The van der Waals surface area contributed by atoms with Gasteiger partial charge in [0.15, 0.2) is 0 Å². The number of rotatable bonds is 7. The summed E-state index contributed by atoms with van der Waals surface area (Å²) in [4.78, 5) is 2.04. The van der Waals surface area contributed by atoms with Gasteiger partial charge in [-0.3, -0.25) is 0 Å². The van der Waals surface area contributed by atoms with E-state index in [0.29, 0.717) is 6.54 Å². The summed E-state index contributed by atoms with van der Waals surface area (Å²) in [5, 5.41) is 8.76. The molecule has 1 atom stereocenters. The van der Waals surface area contributed by atoms with E-state index in [1.165, 1.54) is 12.8 Å². The third-order valence-corrected chi connectivity index (χ3v) is 2.52. The molecular weight excluding hydrogens is 190 g/mol. The molecule has 0 amide bonds. The number of nitrogens with two attached hydrogens (primary N) is 1. The molecule has 1 aliphatic carbocycles.